The second-order valence-electron chi connectivity index (χ2n) is 2.08. The molecule has 0 nitrogen and oxygen atoms in total. The smallest absolute Gasteiger partial charge is 0.0926 e. The van der Waals surface area contributed by atoms with Gasteiger partial charge in [-0.15, -0.1) is 11.6 Å². The highest BCUT2D eigenvalue weighted by molar-refractivity contribution is 9.10. The molecule has 0 amide bonds. The minimum atomic E-state index is 0.0508. The maximum absolute atomic E-state index is 5.73. The van der Waals surface area contributed by atoms with Crippen molar-refractivity contribution in [2.75, 3.05) is 0 Å². The first-order valence-electron chi connectivity index (χ1n) is 3.11. The zero-order valence-electron chi connectivity index (χ0n) is 5.43. The predicted octanol–water partition coefficient (Wildman–Crippen LogP) is 3.19. The van der Waals surface area contributed by atoms with Gasteiger partial charge in [0.25, 0.3) is 0 Å². The van der Waals surface area contributed by atoms with E-state index < -0.39 is 0 Å². The summed E-state index contributed by atoms with van der Waals surface area (Å²) in [5, 5.41) is 0. The minimum Gasteiger partial charge on any atom is -0.110 e. The Labute approximate surface area is 74.3 Å². The van der Waals surface area contributed by atoms with E-state index in [1.807, 2.05) is 18.2 Å². The average Bonchev–Trinajstić information content (AvgIpc) is 1.88. The van der Waals surface area contributed by atoms with Crippen molar-refractivity contribution < 1.29 is 0 Å². The van der Waals surface area contributed by atoms with E-state index in [1.165, 1.54) is 5.56 Å². The number of hydrogen-bond donors (Lipinski definition) is 0. The predicted molar refractivity (Wildman–Crippen MR) is 48.7 cm³/mol. The van der Waals surface area contributed by atoms with Gasteiger partial charge in [0.2, 0.25) is 0 Å². The molecular weight excluding hydrogens is 211 g/mol. The molecule has 0 saturated carbocycles. The Bertz CT molecular complexity index is 184. The lowest BCUT2D eigenvalue weighted by Crippen LogP contribution is -1.91. The van der Waals surface area contributed by atoms with Crippen LogP contribution in [0.4, 0.5) is 0 Å². The molecule has 0 aliphatic rings. The topological polar surface area (TPSA) is 0 Å². The molecule has 1 aromatic carbocycles. The van der Waals surface area contributed by atoms with Crippen LogP contribution in [0.15, 0.2) is 30.3 Å². The first kappa shape index (κ1) is 8.09. The van der Waals surface area contributed by atoms with Gasteiger partial charge in [0, 0.05) is 0 Å². The molecule has 10 heavy (non-hydrogen) atoms. The summed E-state index contributed by atoms with van der Waals surface area (Å²) in [4.78, 5) is 0. The normalized spacial score (nSPS) is 13.0. The van der Waals surface area contributed by atoms with Gasteiger partial charge in [0.05, 0.1) is 4.29 Å². The Morgan fingerprint density at radius 1 is 1.30 bits per heavy atom. The second-order valence-corrected chi connectivity index (χ2v) is 4.24. The Kier molecular flexibility index (Phi) is 3.23. The number of benzene rings is 1. The van der Waals surface area contributed by atoms with Crippen molar-refractivity contribution in [2.24, 2.45) is 0 Å². The zero-order valence-corrected chi connectivity index (χ0v) is 7.77. The monoisotopic (exact) mass is 218 g/mol. The van der Waals surface area contributed by atoms with Crippen LogP contribution < -0.4 is 0 Å². The first-order valence-corrected chi connectivity index (χ1v) is 4.46. The first-order chi connectivity index (χ1) is 4.79. The van der Waals surface area contributed by atoms with Crippen LogP contribution in [-0.4, -0.2) is 4.29 Å². The molecule has 2 heteroatoms. The van der Waals surface area contributed by atoms with Crippen LogP contribution in [0.1, 0.15) is 5.56 Å². The standard InChI is InChI=1S/C8H8BrCl/c9-8(10)6-7-4-2-1-3-5-7/h1-5,8H,6H2/t8-/m0/s1. The van der Waals surface area contributed by atoms with Gasteiger partial charge >= 0.3 is 0 Å². The molecule has 1 aromatic rings. The number of halogens is 2. The van der Waals surface area contributed by atoms with Crippen LogP contribution in [0.5, 0.6) is 0 Å². The van der Waals surface area contributed by atoms with Gasteiger partial charge in [0.1, 0.15) is 0 Å². The van der Waals surface area contributed by atoms with Gasteiger partial charge in [-0.25, -0.2) is 0 Å². The van der Waals surface area contributed by atoms with E-state index >= 15 is 0 Å². The summed E-state index contributed by atoms with van der Waals surface area (Å²) in [5.41, 5.74) is 1.26. The molecule has 1 atom stereocenters. The second kappa shape index (κ2) is 3.99. The van der Waals surface area contributed by atoms with Crippen molar-refractivity contribution in [3.63, 3.8) is 0 Å². The number of hydrogen-bond acceptors (Lipinski definition) is 0. The molecule has 0 saturated heterocycles. The van der Waals surface area contributed by atoms with E-state index in [9.17, 15) is 0 Å². The third-order valence-electron chi connectivity index (χ3n) is 1.23. The van der Waals surface area contributed by atoms with E-state index in [1.54, 1.807) is 0 Å². The number of rotatable bonds is 2. The van der Waals surface area contributed by atoms with Crippen LogP contribution in [0.2, 0.25) is 0 Å². The van der Waals surface area contributed by atoms with Gasteiger partial charge in [-0.2, -0.15) is 0 Å². The molecule has 0 fully saturated rings. The van der Waals surface area contributed by atoms with E-state index in [4.69, 9.17) is 11.6 Å². The van der Waals surface area contributed by atoms with E-state index in [0.29, 0.717) is 0 Å². The summed E-state index contributed by atoms with van der Waals surface area (Å²) >= 11 is 9.01. The van der Waals surface area contributed by atoms with Crippen LogP contribution in [0.25, 0.3) is 0 Å². The molecule has 0 heterocycles. The Morgan fingerprint density at radius 3 is 2.40 bits per heavy atom. The van der Waals surface area contributed by atoms with Gasteiger partial charge in [-0.1, -0.05) is 46.3 Å². The molecular formula is C8H8BrCl. The Morgan fingerprint density at radius 2 is 1.90 bits per heavy atom. The van der Waals surface area contributed by atoms with Crippen LogP contribution in [0, 0.1) is 0 Å². The highest BCUT2D eigenvalue weighted by Crippen LogP contribution is 2.12. The van der Waals surface area contributed by atoms with Gasteiger partial charge in [0.15, 0.2) is 0 Å². The lowest BCUT2D eigenvalue weighted by Gasteiger charge is -1.99. The molecule has 0 aliphatic heterocycles. The van der Waals surface area contributed by atoms with Crippen LogP contribution in [-0.2, 0) is 6.42 Å². The van der Waals surface area contributed by atoms with Crippen molar-refractivity contribution in [3.05, 3.63) is 35.9 Å². The largest absolute Gasteiger partial charge is 0.110 e. The van der Waals surface area contributed by atoms with Crippen molar-refractivity contribution >= 4 is 27.5 Å². The maximum Gasteiger partial charge on any atom is 0.0926 e. The molecule has 0 spiro atoms. The van der Waals surface area contributed by atoms with Crippen molar-refractivity contribution in [1.29, 1.82) is 0 Å². The maximum atomic E-state index is 5.73. The fourth-order valence-electron chi connectivity index (χ4n) is 0.792. The van der Waals surface area contributed by atoms with Crippen LogP contribution in [0.3, 0.4) is 0 Å². The molecule has 0 bridgehead atoms. The zero-order chi connectivity index (χ0) is 7.40. The van der Waals surface area contributed by atoms with Crippen molar-refractivity contribution in [2.45, 2.75) is 10.7 Å². The van der Waals surface area contributed by atoms with Crippen molar-refractivity contribution in [3.8, 4) is 0 Å². The third-order valence-corrected chi connectivity index (χ3v) is 1.71. The lowest BCUT2D eigenvalue weighted by atomic mass is 10.2. The summed E-state index contributed by atoms with van der Waals surface area (Å²) in [5.74, 6) is 0. The quantitative estimate of drug-likeness (QED) is 0.670. The van der Waals surface area contributed by atoms with Gasteiger partial charge in [-0.05, 0) is 12.0 Å². The lowest BCUT2D eigenvalue weighted by molar-refractivity contribution is 1.11. The number of alkyl halides is 2. The third kappa shape index (κ3) is 2.72. The van der Waals surface area contributed by atoms with E-state index in [-0.39, 0.29) is 4.29 Å². The summed E-state index contributed by atoms with van der Waals surface area (Å²) in [7, 11) is 0. The summed E-state index contributed by atoms with van der Waals surface area (Å²) in [6, 6.07) is 10.2. The summed E-state index contributed by atoms with van der Waals surface area (Å²) in [6.45, 7) is 0. The molecule has 54 valence electrons. The molecule has 0 aliphatic carbocycles. The molecule has 0 aromatic heterocycles. The summed E-state index contributed by atoms with van der Waals surface area (Å²) in [6.07, 6.45) is 0.877. The van der Waals surface area contributed by atoms with E-state index in [2.05, 4.69) is 28.1 Å². The SMILES string of the molecule is Cl[C@H](Br)Cc1ccccc1. The molecule has 0 N–H and O–H groups in total. The fraction of sp³-hybridized carbons (Fsp3) is 0.250. The highest BCUT2D eigenvalue weighted by atomic mass is 79.9. The molecule has 0 radical (unpaired) electrons. The van der Waals surface area contributed by atoms with Crippen LogP contribution >= 0.6 is 27.5 Å². The van der Waals surface area contributed by atoms with Crippen molar-refractivity contribution in [1.82, 2.24) is 0 Å². The van der Waals surface area contributed by atoms with Gasteiger partial charge in [-0.3, -0.25) is 0 Å². The fourth-order valence-corrected chi connectivity index (χ4v) is 1.34. The molecule has 0 unspecified atom stereocenters. The Hall–Kier alpha value is -0.0100. The summed E-state index contributed by atoms with van der Waals surface area (Å²) < 4.78 is 0.0508. The highest BCUT2D eigenvalue weighted by Gasteiger charge is 1.97. The van der Waals surface area contributed by atoms with E-state index in [0.717, 1.165) is 6.42 Å². The molecule has 1 rings (SSSR count). The van der Waals surface area contributed by atoms with Gasteiger partial charge < -0.3 is 0 Å². The average molecular weight is 220 g/mol. The minimum absolute atomic E-state index is 0.0508. The Balaban J connectivity index is 2.59.